The maximum absolute atomic E-state index is 6.59. The normalized spacial score (nSPS) is 24.7. The molecule has 0 bridgehead atoms. The molecule has 0 N–H and O–H groups in total. The van der Waals surface area contributed by atoms with E-state index < -0.39 is 0 Å². The number of fused-ring (bicyclic) bond motifs is 1. The molecule has 19 heavy (non-hydrogen) atoms. The summed E-state index contributed by atoms with van der Waals surface area (Å²) in [6.07, 6.45) is 2.30. The van der Waals surface area contributed by atoms with Crippen molar-refractivity contribution in [2.45, 2.75) is 31.2 Å². The lowest BCUT2D eigenvalue weighted by Gasteiger charge is -2.20. The fourth-order valence-electron chi connectivity index (χ4n) is 2.97. The predicted molar refractivity (Wildman–Crippen MR) is 80.8 cm³/mol. The van der Waals surface area contributed by atoms with E-state index in [0.717, 1.165) is 19.4 Å². The zero-order valence-electron chi connectivity index (χ0n) is 11.2. The Morgan fingerprint density at radius 3 is 2.74 bits per heavy atom. The van der Waals surface area contributed by atoms with Crippen LogP contribution < -0.4 is 0 Å². The zero-order chi connectivity index (χ0) is 13.2. The van der Waals surface area contributed by atoms with Gasteiger partial charge in [0, 0.05) is 17.9 Å². The zero-order valence-corrected chi connectivity index (χ0v) is 11.9. The van der Waals surface area contributed by atoms with Gasteiger partial charge in [0.2, 0.25) is 0 Å². The molecule has 0 aliphatic carbocycles. The van der Waals surface area contributed by atoms with Crippen LogP contribution in [0.15, 0.2) is 42.5 Å². The maximum atomic E-state index is 6.59. The monoisotopic (exact) mass is 274 g/mol. The number of hydrogen-bond acceptors (Lipinski definition) is 1. The molecule has 3 rings (SSSR count). The van der Waals surface area contributed by atoms with Gasteiger partial charge in [0.05, 0.1) is 6.10 Å². The fraction of sp³-hybridized carbons (Fsp3) is 0.412. The van der Waals surface area contributed by atoms with Gasteiger partial charge >= 0.3 is 0 Å². The Hall–Kier alpha value is -1.05. The first-order valence-corrected chi connectivity index (χ1v) is 7.41. The number of halogens is 1. The Morgan fingerprint density at radius 1 is 1.21 bits per heavy atom. The second kappa shape index (κ2) is 5.52. The van der Waals surface area contributed by atoms with E-state index in [4.69, 9.17) is 16.3 Å². The van der Waals surface area contributed by atoms with E-state index in [-0.39, 0.29) is 5.38 Å². The lowest BCUT2D eigenvalue weighted by Crippen LogP contribution is -2.23. The molecule has 1 aliphatic rings. The molecule has 3 unspecified atom stereocenters. The van der Waals surface area contributed by atoms with Gasteiger partial charge in [0.1, 0.15) is 0 Å². The number of alkyl halides is 1. The Kier molecular flexibility index (Phi) is 3.76. The van der Waals surface area contributed by atoms with Crippen molar-refractivity contribution in [2.24, 2.45) is 5.92 Å². The highest BCUT2D eigenvalue weighted by Crippen LogP contribution is 2.30. The van der Waals surface area contributed by atoms with Gasteiger partial charge in [-0.05, 0) is 36.1 Å². The number of rotatable bonds is 3. The predicted octanol–water partition coefficient (Wildman–Crippen LogP) is 4.41. The second-order valence-electron chi connectivity index (χ2n) is 5.43. The summed E-state index contributed by atoms with van der Waals surface area (Å²) >= 11 is 6.59. The Morgan fingerprint density at radius 2 is 2.00 bits per heavy atom. The van der Waals surface area contributed by atoms with Crippen molar-refractivity contribution in [1.82, 2.24) is 0 Å². The minimum Gasteiger partial charge on any atom is -0.378 e. The van der Waals surface area contributed by atoms with Crippen LogP contribution in [0.1, 0.15) is 18.9 Å². The third kappa shape index (κ3) is 2.77. The molecular weight excluding hydrogens is 256 g/mol. The minimum absolute atomic E-state index is 0.165. The lowest BCUT2D eigenvalue weighted by molar-refractivity contribution is 0.105. The molecule has 2 aromatic carbocycles. The minimum atomic E-state index is 0.165. The van der Waals surface area contributed by atoms with E-state index in [1.54, 1.807) is 0 Å². The summed E-state index contributed by atoms with van der Waals surface area (Å²) in [7, 11) is 0. The van der Waals surface area contributed by atoms with Crippen molar-refractivity contribution in [3.63, 3.8) is 0 Å². The molecule has 1 aliphatic heterocycles. The first-order valence-electron chi connectivity index (χ1n) is 6.97. The van der Waals surface area contributed by atoms with Gasteiger partial charge in [-0.2, -0.15) is 0 Å². The van der Waals surface area contributed by atoms with Gasteiger partial charge in [0.25, 0.3) is 0 Å². The summed E-state index contributed by atoms with van der Waals surface area (Å²) in [5.41, 5.74) is 1.32. The second-order valence-corrected chi connectivity index (χ2v) is 5.99. The van der Waals surface area contributed by atoms with Crippen LogP contribution in [-0.4, -0.2) is 18.1 Å². The molecule has 0 radical (unpaired) electrons. The quantitative estimate of drug-likeness (QED) is 0.753. The molecule has 1 nitrogen and oxygen atoms in total. The molecule has 2 aromatic rings. The third-order valence-corrected chi connectivity index (χ3v) is 4.62. The van der Waals surface area contributed by atoms with Crippen LogP contribution in [0.3, 0.4) is 0 Å². The molecule has 1 fully saturated rings. The fourth-order valence-corrected chi connectivity index (χ4v) is 3.47. The molecule has 3 atom stereocenters. The Labute approximate surface area is 119 Å². The first kappa shape index (κ1) is 13.0. The van der Waals surface area contributed by atoms with Gasteiger partial charge in [0.15, 0.2) is 0 Å². The Balaban J connectivity index is 1.77. The molecule has 100 valence electrons. The van der Waals surface area contributed by atoms with Crippen molar-refractivity contribution in [1.29, 1.82) is 0 Å². The topological polar surface area (TPSA) is 9.23 Å². The highest BCUT2D eigenvalue weighted by atomic mass is 35.5. The highest BCUT2D eigenvalue weighted by Gasteiger charge is 2.30. The molecule has 1 heterocycles. The van der Waals surface area contributed by atoms with E-state index in [1.807, 2.05) is 0 Å². The highest BCUT2D eigenvalue weighted by molar-refractivity contribution is 6.21. The van der Waals surface area contributed by atoms with E-state index in [2.05, 4.69) is 49.4 Å². The molecule has 0 saturated carbocycles. The standard InChI is InChI=1S/C17H19ClO/c1-12-16(8-9-19-12)17(18)11-13-6-7-14-4-2-3-5-15(14)10-13/h2-7,10,12,16-17H,8-9,11H2,1H3. The molecule has 0 amide bonds. The number of hydrogen-bond donors (Lipinski definition) is 0. The van der Waals surface area contributed by atoms with Gasteiger partial charge < -0.3 is 4.74 Å². The van der Waals surface area contributed by atoms with Crippen molar-refractivity contribution in [2.75, 3.05) is 6.61 Å². The van der Waals surface area contributed by atoms with Gasteiger partial charge in [-0.15, -0.1) is 11.6 Å². The van der Waals surface area contributed by atoms with Crippen molar-refractivity contribution in [3.05, 3.63) is 48.0 Å². The van der Waals surface area contributed by atoms with Gasteiger partial charge in [-0.1, -0.05) is 42.5 Å². The summed E-state index contributed by atoms with van der Waals surface area (Å²) in [4.78, 5) is 0. The molecule has 2 heteroatoms. The molecule has 1 saturated heterocycles. The smallest absolute Gasteiger partial charge is 0.0590 e. The molecule has 0 spiro atoms. The van der Waals surface area contributed by atoms with Crippen molar-refractivity contribution < 1.29 is 4.74 Å². The molecular formula is C17H19ClO. The van der Waals surface area contributed by atoms with Crippen LogP contribution in [-0.2, 0) is 11.2 Å². The van der Waals surface area contributed by atoms with Gasteiger partial charge in [-0.3, -0.25) is 0 Å². The molecule has 0 aromatic heterocycles. The average Bonchev–Trinajstić information content (AvgIpc) is 2.85. The summed E-state index contributed by atoms with van der Waals surface area (Å²) in [5.74, 6) is 0.480. The van der Waals surface area contributed by atoms with E-state index in [0.29, 0.717) is 12.0 Å². The largest absolute Gasteiger partial charge is 0.378 e. The lowest BCUT2D eigenvalue weighted by atomic mass is 9.93. The van der Waals surface area contributed by atoms with E-state index in [9.17, 15) is 0 Å². The van der Waals surface area contributed by atoms with Crippen LogP contribution in [0.4, 0.5) is 0 Å². The van der Waals surface area contributed by atoms with Crippen molar-refractivity contribution in [3.8, 4) is 0 Å². The maximum Gasteiger partial charge on any atom is 0.0590 e. The van der Waals surface area contributed by atoms with E-state index >= 15 is 0 Å². The van der Waals surface area contributed by atoms with Gasteiger partial charge in [-0.25, -0.2) is 0 Å². The number of ether oxygens (including phenoxy) is 1. The summed E-state index contributed by atoms with van der Waals surface area (Å²) in [6, 6.07) is 15.1. The van der Waals surface area contributed by atoms with Crippen LogP contribution >= 0.6 is 11.6 Å². The summed E-state index contributed by atoms with van der Waals surface area (Å²) in [6.45, 7) is 2.99. The first-order chi connectivity index (χ1) is 9.24. The number of benzene rings is 2. The van der Waals surface area contributed by atoms with Crippen LogP contribution in [0.5, 0.6) is 0 Å². The van der Waals surface area contributed by atoms with Crippen LogP contribution in [0, 0.1) is 5.92 Å². The van der Waals surface area contributed by atoms with E-state index in [1.165, 1.54) is 16.3 Å². The summed E-state index contributed by atoms with van der Waals surface area (Å²) in [5, 5.41) is 2.74. The third-order valence-electron chi connectivity index (χ3n) is 4.14. The summed E-state index contributed by atoms with van der Waals surface area (Å²) < 4.78 is 5.61. The van der Waals surface area contributed by atoms with Crippen molar-refractivity contribution >= 4 is 22.4 Å². The average molecular weight is 275 g/mol. The SMILES string of the molecule is CC1OCCC1C(Cl)Cc1ccc2ccccc2c1. The Bertz CT molecular complexity index is 566. The van der Waals surface area contributed by atoms with Crippen LogP contribution in [0.25, 0.3) is 10.8 Å². The van der Waals surface area contributed by atoms with Crippen LogP contribution in [0.2, 0.25) is 0 Å².